The van der Waals surface area contributed by atoms with Crippen molar-refractivity contribution in [2.24, 2.45) is 0 Å². The van der Waals surface area contributed by atoms with Crippen LogP contribution >= 0.6 is 15.9 Å². The van der Waals surface area contributed by atoms with Gasteiger partial charge in [0.1, 0.15) is 5.69 Å². The van der Waals surface area contributed by atoms with Gasteiger partial charge in [-0.2, -0.15) is 13.2 Å². The highest BCUT2D eigenvalue weighted by Gasteiger charge is 2.39. The molecule has 0 unspecified atom stereocenters. The molecule has 0 radical (unpaired) electrons. The molecule has 0 aliphatic rings. The van der Waals surface area contributed by atoms with Gasteiger partial charge in [-0.1, -0.05) is 34.1 Å². The van der Waals surface area contributed by atoms with Gasteiger partial charge in [-0.15, -0.1) is 0 Å². The molecule has 1 aromatic carbocycles. The van der Waals surface area contributed by atoms with E-state index in [4.69, 9.17) is 4.42 Å². The number of aromatic nitrogens is 1. The van der Waals surface area contributed by atoms with Crippen molar-refractivity contribution in [3.63, 3.8) is 0 Å². The number of oxazole rings is 1. The molecule has 1 heterocycles. The van der Waals surface area contributed by atoms with Gasteiger partial charge in [0.05, 0.1) is 0 Å². The second kappa shape index (κ2) is 4.52. The van der Waals surface area contributed by atoms with Crippen molar-refractivity contribution in [3.8, 4) is 11.5 Å². The summed E-state index contributed by atoms with van der Waals surface area (Å²) in [6.07, 6.45) is -4.52. The number of alkyl halides is 4. The highest BCUT2D eigenvalue weighted by molar-refractivity contribution is 9.08. The lowest BCUT2D eigenvalue weighted by Gasteiger charge is -2.02. The van der Waals surface area contributed by atoms with Gasteiger partial charge in [0.15, 0.2) is 0 Å². The molecule has 0 N–H and O–H groups in total. The summed E-state index contributed by atoms with van der Waals surface area (Å²) in [6.45, 7) is 0. The van der Waals surface area contributed by atoms with E-state index in [1.807, 2.05) is 0 Å². The van der Waals surface area contributed by atoms with Crippen molar-refractivity contribution in [2.75, 3.05) is 0 Å². The van der Waals surface area contributed by atoms with Gasteiger partial charge in [-0.25, -0.2) is 4.98 Å². The first-order valence-corrected chi connectivity index (χ1v) is 5.83. The zero-order valence-electron chi connectivity index (χ0n) is 8.46. The summed E-state index contributed by atoms with van der Waals surface area (Å²) in [4.78, 5) is 3.83. The first-order chi connectivity index (χ1) is 8.02. The lowest BCUT2D eigenvalue weighted by Crippen LogP contribution is -2.06. The fourth-order valence-electron chi connectivity index (χ4n) is 1.37. The van der Waals surface area contributed by atoms with Crippen LogP contribution in [0.15, 0.2) is 34.7 Å². The zero-order valence-corrected chi connectivity index (χ0v) is 10.0. The highest BCUT2D eigenvalue weighted by atomic mass is 79.9. The Balaban J connectivity index is 2.49. The van der Waals surface area contributed by atoms with Crippen LogP contribution < -0.4 is 0 Å². The summed E-state index contributed by atoms with van der Waals surface area (Å²) >= 11 is 2.96. The van der Waals surface area contributed by atoms with E-state index < -0.39 is 11.9 Å². The predicted molar refractivity (Wildman–Crippen MR) is 59.6 cm³/mol. The van der Waals surface area contributed by atoms with E-state index in [-0.39, 0.29) is 16.9 Å². The largest absolute Gasteiger partial charge is 0.451 e. The maximum Gasteiger partial charge on any atom is 0.451 e. The Morgan fingerprint density at radius 2 is 1.82 bits per heavy atom. The Kier molecular flexibility index (Phi) is 3.24. The van der Waals surface area contributed by atoms with Gasteiger partial charge in [0.25, 0.3) is 0 Å². The molecule has 17 heavy (non-hydrogen) atoms. The minimum atomic E-state index is -4.52. The lowest BCUT2D eigenvalue weighted by atomic mass is 10.2. The van der Waals surface area contributed by atoms with Crippen LogP contribution in [0.1, 0.15) is 11.5 Å². The van der Waals surface area contributed by atoms with Gasteiger partial charge in [0, 0.05) is 10.9 Å². The van der Waals surface area contributed by atoms with E-state index in [1.54, 1.807) is 30.3 Å². The fraction of sp³-hybridized carbons (Fsp3) is 0.182. The molecule has 1 aromatic heterocycles. The summed E-state index contributed by atoms with van der Waals surface area (Å²) in [6, 6.07) is 8.47. The van der Waals surface area contributed by atoms with Crippen LogP contribution in [0, 0.1) is 0 Å². The molecule has 0 aliphatic heterocycles. The minimum Gasteiger partial charge on any atom is -0.431 e. The van der Waals surface area contributed by atoms with Gasteiger partial charge >= 0.3 is 6.18 Å². The Morgan fingerprint density at radius 3 is 2.29 bits per heavy atom. The molecule has 0 saturated carbocycles. The molecule has 2 aromatic rings. The summed E-state index contributed by atoms with van der Waals surface area (Å²) < 4.78 is 42.6. The van der Waals surface area contributed by atoms with E-state index >= 15 is 0 Å². The van der Waals surface area contributed by atoms with E-state index in [1.165, 1.54) is 0 Å². The Labute approximate surface area is 104 Å². The molecule has 0 fully saturated rings. The van der Waals surface area contributed by atoms with Crippen LogP contribution in [0.2, 0.25) is 0 Å². The van der Waals surface area contributed by atoms with E-state index in [2.05, 4.69) is 20.9 Å². The molecule has 90 valence electrons. The number of halogens is 4. The standard InChI is InChI=1S/C11H7BrF3NO/c12-6-8-9(11(13,14)15)17-10(16-8)7-4-2-1-3-5-7/h1-5H,6H2. The van der Waals surface area contributed by atoms with Crippen LogP contribution in [-0.2, 0) is 11.5 Å². The van der Waals surface area contributed by atoms with Crippen LogP contribution in [0.25, 0.3) is 11.5 Å². The van der Waals surface area contributed by atoms with E-state index in [9.17, 15) is 13.2 Å². The van der Waals surface area contributed by atoms with Crippen LogP contribution in [0.3, 0.4) is 0 Å². The van der Waals surface area contributed by atoms with Gasteiger partial charge in [0.2, 0.25) is 11.7 Å². The smallest absolute Gasteiger partial charge is 0.431 e. The number of benzene rings is 1. The second-order valence-corrected chi connectivity index (χ2v) is 3.85. The molecule has 0 saturated heterocycles. The average Bonchev–Trinajstić information content (AvgIpc) is 2.74. The Morgan fingerprint density at radius 1 is 1.18 bits per heavy atom. The van der Waals surface area contributed by atoms with Crippen molar-refractivity contribution >= 4 is 15.9 Å². The number of nitrogens with zero attached hydrogens (tertiary/aromatic N) is 1. The molecule has 2 rings (SSSR count). The van der Waals surface area contributed by atoms with Crippen LogP contribution in [0.5, 0.6) is 0 Å². The molecule has 2 nitrogen and oxygen atoms in total. The van der Waals surface area contributed by atoms with Gasteiger partial charge < -0.3 is 4.42 Å². The number of rotatable bonds is 2. The van der Waals surface area contributed by atoms with E-state index in [0.717, 1.165) is 0 Å². The zero-order chi connectivity index (χ0) is 12.5. The molecular weight excluding hydrogens is 299 g/mol. The number of hydrogen-bond acceptors (Lipinski definition) is 2. The second-order valence-electron chi connectivity index (χ2n) is 3.29. The Bertz CT molecular complexity index is 507. The molecule has 0 bridgehead atoms. The topological polar surface area (TPSA) is 26.0 Å². The van der Waals surface area contributed by atoms with E-state index in [0.29, 0.717) is 5.56 Å². The molecule has 0 spiro atoms. The van der Waals surface area contributed by atoms with Crippen LogP contribution in [0.4, 0.5) is 13.2 Å². The maximum atomic E-state index is 12.6. The molecule has 6 heteroatoms. The SMILES string of the molecule is FC(F)(F)c1oc(-c2ccccc2)nc1CBr. The van der Waals surface area contributed by atoms with Crippen LogP contribution in [-0.4, -0.2) is 4.98 Å². The first kappa shape index (κ1) is 12.2. The minimum absolute atomic E-state index is 0.00181. The third-order valence-corrected chi connectivity index (χ3v) is 2.63. The average molecular weight is 306 g/mol. The maximum absolute atomic E-state index is 12.6. The van der Waals surface area contributed by atoms with Crippen molar-refractivity contribution in [2.45, 2.75) is 11.5 Å². The summed E-state index contributed by atoms with van der Waals surface area (Å²) in [5.41, 5.74) is 0.376. The van der Waals surface area contributed by atoms with Crippen molar-refractivity contribution in [1.82, 2.24) is 4.98 Å². The molecular formula is C11H7BrF3NO. The third-order valence-electron chi connectivity index (χ3n) is 2.10. The monoisotopic (exact) mass is 305 g/mol. The van der Waals surface area contributed by atoms with Gasteiger partial charge in [-0.3, -0.25) is 0 Å². The number of hydrogen-bond donors (Lipinski definition) is 0. The summed E-state index contributed by atoms with van der Waals surface area (Å²) in [5, 5.41) is -0.00181. The first-order valence-electron chi connectivity index (χ1n) is 4.70. The third kappa shape index (κ3) is 2.52. The quantitative estimate of drug-likeness (QED) is 0.775. The van der Waals surface area contributed by atoms with Crippen molar-refractivity contribution in [1.29, 1.82) is 0 Å². The normalized spacial score (nSPS) is 11.8. The van der Waals surface area contributed by atoms with Gasteiger partial charge in [-0.05, 0) is 12.1 Å². The molecule has 0 atom stereocenters. The highest BCUT2D eigenvalue weighted by Crippen LogP contribution is 2.35. The lowest BCUT2D eigenvalue weighted by molar-refractivity contribution is -0.153. The summed E-state index contributed by atoms with van der Waals surface area (Å²) in [7, 11) is 0. The van der Waals surface area contributed by atoms with Crippen molar-refractivity contribution in [3.05, 3.63) is 41.8 Å². The fourth-order valence-corrected chi connectivity index (χ4v) is 1.75. The summed E-state index contributed by atoms with van der Waals surface area (Å²) in [5.74, 6) is -1.07. The molecule has 0 aliphatic carbocycles. The Hall–Kier alpha value is -1.30. The predicted octanol–water partition coefficient (Wildman–Crippen LogP) is 4.26. The molecule has 0 amide bonds. The van der Waals surface area contributed by atoms with Crippen molar-refractivity contribution < 1.29 is 17.6 Å².